The molecule has 1 aliphatic heterocycles. The van der Waals surface area contributed by atoms with Crippen LogP contribution in [0.25, 0.3) is 0 Å². The summed E-state index contributed by atoms with van der Waals surface area (Å²) in [5, 5.41) is 3.28. The Kier molecular flexibility index (Phi) is 14.3. The smallest absolute Gasteiger partial charge is 0.242 e. The van der Waals surface area contributed by atoms with Crippen molar-refractivity contribution < 1.29 is 14.3 Å². The predicted molar refractivity (Wildman–Crippen MR) is 140 cm³/mol. The Hall–Kier alpha value is -1.59. The SMILES string of the molecule is CCNC(=NCc1cccc(OCCN2CCOCC2)c1)N(C)CC(=O)N(CC)CC.I. The van der Waals surface area contributed by atoms with Gasteiger partial charge in [0.2, 0.25) is 5.91 Å². The van der Waals surface area contributed by atoms with E-state index in [1.54, 1.807) is 0 Å². The van der Waals surface area contributed by atoms with Crippen LogP contribution in [0.4, 0.5) is 0 Å². The van der Waals surface area contributed by atoms with E-state index in [2.05, 4.69) is 10.2 Å². The van der Waals surface area contributed by atoms with Crippen LogP contribution in [0.2, 0.25) is 0 Å². The lowest BCUT2D eigenvalue weighted by molar-refractivity contribution is -0.131. The Morgan fingerprint density at radius 1 is 1.22 bits per heavy atom. The summed E-state index contributed by atoms with van der Waals surface area (Å²) in [7, 11) is 1.90. The minimum absolute atomic E-state index is 0. The summed E-state index contributed by atoms with van der Waals surface area (Å²) in [5.74, 6) is 1.69. The minimum Gasteiger partial charge on any atom is -0.492 e. The molecule has 0 spiro atoms. The highest BCUT2D eigenvalue weighted by molar-refractivity contribution is 14.0. The van der Waals surface area contributed by atoms with Gasteiger partial charge < -0.3 is 24.6 Å². The number of hydrogen-bond donors (Lipinski definition) is 1. The van der Waals surface area contributed by atoms with E-state index in [-0.39, 0.29) is 29.9 Å². The van der Waals surface area contributed by atoms with Crippen molar-refractivity contribution in [2.45, 2.75) is 27.3 Å². The summed E-state index contributed by atoms with van der Waals surface area (Å²) in [6.07, 6.45) is 0. The Morgan fingerprint density at radius 3 is 2.59 bits per heavy atom. The molecule has 1 heterocycles. The first-order chi connectivity index (χ1) is 15.1. The van der Waals surface area contributed by atoms with Crippen molar-refractivity contribution in [3.63, 3.8) is 0 Å². The van der Waals surface area contributed by atoms with Crippen LogP contribution in [0.3, 0.4) is 0 Å². The number of carbonyl (C=O) groups is 1. The van der Waals surface area contributed by atoms with Crippen LogP contribution in [0.1, 0.15) is 26.3 Å². The van der Waals surface area contributed by atoms with E-state index < -0.39 is 0 Å². The van der Waals surface area contributed by atoms with Gasteiger partial charge >= 0.3 is 0 Å². The fourth-order valence-corrected chi connectivity index (χ4v) is 3.44. The number of nitrogens with zero attached hydrogens (tertiary/aromatic N) is 4. The topological polar surface area (TPSA) is 69.6 Å². The second-order valence-electron chi connectivity index (χ2n) is 7.54. The first kappa shape index (κ1) is 28.4. The third kappa shape index (κ3) is 9.91. The minimum atomic E-state index is 0. The molecule has 1 aromatic rings. The summed E-state index contributed by atoms with van der Waals surface area (Å²) in [4.78, 5) is 23.2. The molecule has 8 nitrogen and oxygen atoms in total. The number of guanidine groups is 1. The summed E-state index contributed by atoms with van der Waals surface area (Å²) in [6, 6.07) is 8.05. The molecule has 182 valence electrons. The molecule has 0 unspecified atom stereocenters. The van der Waals surface area contributed by atoms with Crippen molar-refractivity contribution in [3.05, 3.63) is 29.8 Å². The molecule has 9 heteroatoms. The molecule has 0 saturated carbocycles. The predicted octanol–water partition coefficient (Wildman–Crippen LogP) is 2.28. The fourth-order valence-electron chi connectivity index (χ4n) is 3.44. The van der Waals surface area contributed by atoms with Crippen molar-refractivity contribution >= 4 is 35.8 Å². The summed E-state index contributed by atoms with van der Waals surface area (Å²) in [6.45, 7) is 14.1. The van der Waals surface area contributed by atoms with Crippen molar-refractivity contribution in [1.29, 1.82) is 0 Å². The Morgan fingerprint density at radius 2 is 1.94 bits per heavy atom. The largest absolute Gasteiger partial charge is 0.492 e. The van der Waals surface area contributed by atoms with Gasteiger partial charge in [-0.3, -0.25) is 9.69 Å². The van der Waals surface area contributed by atoms with Gasteiger partial charge in [-0.05, 0) is 38.5 Å². The van der Waals surface area contributed by atoms with Gasteiger partial charge in [0.1, 0.15) is 12.4 Å². The average Bonchev–Trinajstić information content (AvgIpc) is 2.78. The molecule has 0 bridgehead atoms. The maximum absolute atomic E-state index is 12.4. The van der Waals surface area contributed by atoms with Gasteiger partial charge in [-0.25, -0.2) is 4.99 Å². The Balaban J connectivity index is 0.00000512. The van der Waals surface area contributed by atoms with E-state index in [1.807, 2.05) is 61.9 Å². The van der Waals surface area contributed by atoms with Crippen LogP contribution >= 0.6 is 24.0 Å². The highest BCUT2D eigenvalue weighted by atomic mass is 127. The van der Waals surface area contributed by atoms with E-state index >= 15 is 0 Å². The first-order valence-electron chi connectivity index (χ1n) is 11.4. The number of hydrogen-bond acceptors (Lipinski definition) is 5. The van der Waals surface area contributed by atoms with E-state index in [4.69, 9.17) is 14.5 Å². The molecule has 2 rings (SSSR count). The van der Waals surface area contributed by atoms with Gasteiger partial charge in [0.05, 0.1) is 26.3 Å². The number of morpholine rings is 1. The van der Waals surface area contributed by atoms with Crippen LogP contribution < -0.4 is 10.1 Å². The van der Waals surface area contributed by atoms with E-state index in [9.17, 15) is 4.79 Å². The number of rotatable bonds is 11. The van der Waals surface area contributed by atoms with Crippen LogP contribution in [0.15, 0.2) is 29.3 Å². The maximum Gasteiger partial charge on any atom is 0.242 e. The Bertz CT molecular complexity index is 694. The average molecular weight is 562 g/mol. The van der Waals surface area contributed by atoms with Crippen LogP contribution in [0.5, 0.6) is 5.75 Å². The highest BCUT2D eigenvalue weighted by Crippen LogP contribution is 2.14. The number of halogens is 1. The number of likely N-dealkylation sites (N-methyl/N-ethyl adjacent to an activating group) is 2. The highest BCUT2D eigenvalue weighted by Gasteiger charge is 2.15. The Labute approximate surface area is 210 Å². The maximum atomic E-state index is 12.4. The molecule has 1 amide bonds. The lowest BCUT2D eigenvalue weighted by atomic mass is 10.2. The van der Waals surface area contributed by atoms with Gasteiger partial charge in [-0.15, -0.1) is 24.0 Å². The van der Waals surface area contributed by atoms with Crippen molar-refractivity contribution in [3.8, 4) is 5.75 Å². The van der Waals surface area contributed by atoms with Gasteiger partial charge in [0.15, 0.2) is 5.96 Å². The van der Waals surface area contributed by atoms with Crippen LogP contribution in [-0.4, -0.2) is 99.2 Å². The molecule has 1 aromatic carbocycles. The molecular formula is C23H40IN5O3. The number of amides is 1. The van der Waals surface area contributed by atoms with E-state index in [1.165, 1.54) is 0 Å². The molecule has 0 atom stereocenters. The molecule has 0 radical (unpaired) electrons. The van der Waals surface area contributed by atoms with Gasteiger partial charge in [0, 0.05) is 46.3 Å². The molecule has 1 fully saturated rings. The summed E-state index contributed by atoms with van der Waals surface area (Å²) >= 11 is 0. The third-order valence-electron chi connectivity index (χ3n) is 5.27. The molecule has 1 saturated heterocycles. The first-order valence-corrected chi connectivity index (χ1v) is 11.4. The number of benzene rings is 1. The molecule has 1 N–H and O–H groups in total. The lowest BCUT2D eigenvalue weighted by Gasteiger charge is -2.26. The number of ether oxygens (including phenoxy) is 2. The monoisotopic (exact) mass is 561 g/mol. The van der Waals surface area contributed by atoms with Gasteiger partial charge in [-0.2, -0.15) is 0 Å². The standard InChI is InChI=1S/C23H39N5O3.HI/c1-5-24-23(26(4)19-22(29)28(6-2)7-3)25-18-20-9-8-10-21(17-20)31-16-13-27-11-14-30-15-12-27;/h8-10,17H,5-7,11-16,18-19H2,1-4H3,(H,24,25);1H. The van der Waals surface area contributed by atoms with Crippen molar-refractivity contribution in [2.24, 2.45) is 4.99 Å². The second-order valence-corrected chi connectivity index (χ2v) is 7.54. The van der Waals surface area contributed by atoms with Crippen molar-refractivity contribution in [2.75, 3.05) is 72.7 Å². The number of nitrogens with one attached hydrogen (secondary N) is 1. The molecular weight excluding hydrogens is 521 g/mol. The molecule has 0 aromatic heterocycles. The van der Waals surface area contributed by atoms with Crippen LogP contribution in [-0.2, 0) is 16.1 Å². The second kappa shape index (κ2) is 16.1. The third-order valence-corrected chi connectivity index (χ3v) is 5.27. The zero-order valence-corrected chi connectivity index (χ0v) is 22.3. The summed E-state index contributed by atoms with van der Waals surface area (Å²) in [5.41, 5.74) is 1.07. The van der Waals surface area contributed by atoms with Crippen molar-refractivity contribution in [1.82, 2.24) is 20.0 Å². The van der Waals surface area contributed by atoms with Gasteiger partial charge in [0.25, 0.3) is 0 Å². The molecule has 0 aliphatic carbocycles. The quantitative estimate of drug-likeness (QED) is 0.254. The van der Waals surface area contributed by atoms with Crippen LogP contribution in [0, 0.1) is 0 Å². The number of carbonyl (C=O) groups excluding carboxylic acids is 1. The van der Waals surface area contributed by atoms with Gasteiger partial charge in [-0.1, -0.05) is 12.1 Å². The van der Waals surface area contributed by atoms with E-state index in [0.29, 0.717) is 19.7 Å². The van der Waals surface area contributed by atoms with E-state index in [0.717, 1.165) is 69.8 Å². The zero-order valence-electron chi connectivity index (χ0n) is 20.0. The molecule has 32 heavy (non-hydrogen) atoms. The molecule has 1 aliphatic rings. The summed E-state index contributed by atoms with van der Waals surface area (Å²) < 4.78 is 11.3. The normalized spacial score (nSPS) is 14.4. The zero-order chi connectivity index (χ0) is 22.5. The number of aliphatic imine (C=N–C) groups is 1. The lowest BCUT2D eigenvalue weighted by Crippen LogP contribution is -2.45. The fraction of sp³-hybridized carbons (Fsp3) is 0.652.